The first-order valence-electron chi connectivity index (χ1n) is 5.94. The summed E-state index contributed by atoms with van der Waals surface area (Å²) in [4.78, 5) is 13.7. The summed E-state index contributed by atoms with van der Waals surface area (Å²) in [5.74, 6) is 5.37. The van der Waals surface area contributed by atoms with Crippen LogP contribution in [0, 0.1) is 11.3 Å². The summed E-state index contributed by atoms with van der Waals surface area (Å²) >= 11 is 0. The lowest BCUT2D eigenvalue weighted by Gasteiger charge is -2.19. The molecule has 6 nitrogen and oxygen atoms in total. The summed E-state index contributed by atoms with van der Waals surface area (Å²) < 4.78 is 5.34. The minimum absolute atomic E-state index is 0.352. The van der Waals surface area contributed by atoms with Crippen molar-refractivity contribution in [3.05, 3.63) is 23.7 Å². The van der Waals surface area contributed by atoms with Crippen LogP contribution in [0.1, 0.15) is 35.4 Å². The first-order valence-corrected chi connectivity index (χ1v) is 5.94. The topological polar surface area (TPSA) is 95.3 Å². The molecule has 1 amide bonds. The molecule has 1 fully saturated rings. The highest BCUT2D eigenvalue weighted by Crippen LogP contribution is 2.29. The standard InChI is InChI=1S/C12H16N4O2/c13-5-1-6-16(9-2-3-9)8-11-10(4-7-18-11)12(17)15-14/h4,7,9H,1-3,6,8,14H2,(H,15,17). The molecule has 0 saturated heterocycles. The van der Waals surface area contributed by atoms with Crippen molar-refractivity contribution < 1.29 is 9.21 Å². The zero-order valence-electron chi connectivity index (χ0n) is 10.1. The van der Waals surface area contributed by atoms with Gasteiger partial charge in [0.05, 0.1) is 24.4 Å². The monoisotopic (exact) mass is 248 g/mol. The number of nitrogen functional groups attached to an aromatic ring is 1. The summed E-state index contributed by atoms with van der Waals surface area (Å²) in [5, 5.41) is 8.64. The molecule has 0 unspecified atom stereocenters. The molecule has 0 bridgehead atoms. The number of nitriles is 1. The van der Waals surface area contributed by atoms with Crippen molar-refractivity contribution in [1.82, 2.24) is 10.3 Å². The third-order valence-electron chi connectivity index (χ3n) is 3.04. The maximum atomic E-state index is 11.5. The van der Waals surface area contributed by atoms with E-state index in [1.807, 2.05) is 0 Å². The van der Waals surface area contributed by atoms with Gasteiger partial charge in [-0.1, -0.05) is 0 Å². The van der Waals surface area contributed by atoms with Crippen LogP contribution in [0.3, 0.4) is 0 Å². The van der Waals surface area contributed by atoms with Crippen molar-refractivity contribution in [2.45, 2.75) is 31.8 Å². The highest BCUT2D eigenvalue weighted by Gasteiger charge is 2.30. The van der Waals surface area contributed by atoms with Crippen molar-refractivity contribution in [3.8, 4) is 6.07 Å². The van der Waals surface area contributed by atoms with Gasteiger partial charge in [-0.2, -0.15) is 5.26 Å². The van der Waals surface area contributed by atoms with E-state index in [1.165, 1.54) is 6.26 Å². The molecule has 1 aliphatic carbocycles. The Morgan fingerprint density at radius 2 is 2.44 bits per heavy atom. The first kappa shape index (κ1) is 12.6. The highest BCUT2D eigenvalue weighted by atomic mass is 16.3. The van der Waals surface area contributed by atoms with Gasteiger partial charge in [-0.25, -0.2) is 5.84 Å². The number of amides is 1. The second kappa shape index (κ2) is 5.67. The molecular formula is C12H16N4O2. The van der Waals surface area contributed by atoms with Crippen molar-refractivity contribution >= 4 is 5.91 Å². The number of carbonyl (C=O) groups is 1. The molecule has 96 valence electrons. The first-order chi connectivity index (χ1) is 8.76. The van der Waals surface area contributed by atoms with Crippen molar-refractivity contribution in [2.75, 3.05) is 6.54 Å². The SMILES string of the molecule is N#CCCN(Cc1occc1C(=O)NN)C1CC1. The number of furan rings is 1. The fourth-order valence-electron chi connectivity index (χ4n) is 1.95. The zero-order chi connectivity index (χ0) is 13.0. The fraction of sp³-hybridized carbons (Fsp3) is 0.500. The summed E-state index contributed by atoms with van der Waals surface area (Å²) in [7, 11) is 0. The van der Waals surface area contributed by atoms with E-state index in [2.05, 4.69) is 16.4 Å². The molecule has 1 saturated carbocycles. The Kier molecular flexibility index (Phi) is 3.97. The molecule has 0 aromatic carbocycles. The second-order valence-electron chi connectivity index (χ2n) is 4.34. The molecule has 2 rings (SSSR count). The molecule has 1 aromatic rings. The fourth-order valence-corrected chi connectivity index (χ4v) is 1.95. The molecule has 18 heavy (non-hydrogen) atoms. The summed E-state index contributed by atoms with van der Waals surface area (Å²) in [6.45, 7) is 1.24. The van der Waals surface area contributed by atoms with Crippen LogP contribution in [0.4, 0.5) is 0 Å². The zero-order valence-corrected chi connectivity index (χ0v) is 10.1. The van der Waals surface area contributed by atoms with Crippen molar-refractivity contribution in [3.63, 3.8) is 0 Å². The molecule has 0 radical (unpaired) electrons. The molecule has 6 heteroatoms. The van der Waals surface area contributed by atoms with E-state index in [0.29, 0.717) is 36.9 Å². The normalized spacial score (nSPS) is 14.5. The van der Waals surface area contributed by atoms with E-state index < -0.39 is 0 Å². The van der Waals surface area contributed by atoms with E-state index in [4.69, 9.17) is 15.5 Å². The summed E-state index contributed by atoms with van der Waals surface area (Å²) in [5.41, 5.74) is 2.56. The predicted octanol–water partition coefficient (Wildman–Crippen LogP) is 0.761. The quantitative estimate of drug-likeness (QED) is 0.440. The average molecular weight is 248 g/mol. The second-order valence-corrected chi connectivity index (χ2v) is 4.34. The lowest BCUT2D eigenvalue weighted by Crippen LogP contribution is -2.32. The van der Waals surface area contributed by atoms with Gasteiger partial charge >= 0.3 is 0 Å². The van der Waals surface area contributed by atoms with Gasteiger partial charge in [-0.15, -0.1) is 0 Å². The maximum absolute atomic E-state index is 11.5. The van der Waals surface area contributed by atoms with Crippen LogP contribution in [-0.4, -0.2) is 23.4 Å². The minimum atomic E-state index is -0.352. The van der Waals surface area contributed by atoms with Crippen LogP contribution in [0.2, 0.25) is 0 Å². The number of rotatable bonds is 6. The molecule has 1 heterocycles. The van der Waals surface area contributed by atoms with Gasteiger partial charge in [-0.3, -0.25) is 15.1 Å². The molecule has 0 spiro atoms. The van der Waals surface area contributed by atoms with Gasteiger partial charge in [0.15, 0.2) is 0 Å². The number of nitrogens with zero attached hydrogens (tertiary/aromatic N) is 2. The number of nitrogens with two attached hydrogens (primary N) is 1. The number of hydrazine groups is 1. The molecule has 3 N–H and O–H groups in total. The Morgan fingerprint density at radius 1 is 1.67 bits per heavy atom. The number of nitrogens with one attached hydrogen (secondary N) is 1. The molecular weight excluding hydrogens is 232 g/mol. The van der Waals surface area contributed by atoms with Gasteiger partial charge in [-0.05, 0) is 18.9 Å². The van der Waals surface area contributed by atoms with E-state index in [-0.39, 0.29) is 5.91 Å². The molecule has 1 aliphatic rings. The van der Waals surface area contributed by atoms with Gasteiger partial charge in [0.25, 0.3) is 5.91 Å². The van der Waals surface area contributed by atoms with Gasteiger partial charge in [0.1, 0.15) is 5.76 Å². The van der Waals surface area contributed by atoms with Crippen LogP contribution in [0.25, 0.3) is 0 Å². The summed E-state index contributed by atoms with van der Waals surface area (Å²) in [6.07, 6.45) is 4.25. The number of hydrogen-bond donors (Lipinski definition) is 2. The number of hydrogen-bond acceptors (Lipinski definition) is 5. The minimum Gasteiger partial charge on any atom is -0.467 e. The van der Waals surface area contributed by atoms with Crippen LogP contribution >= 0.6 is 0 Å². The lowest BCUT2D eigenvalue weighted by molar-refractivity contribution is 0.0949. The van der Waals surface area contributed by atoms with Crippen LogP contribution in [-0.2, 0) is 6.54 Å². The van der Waals surface area contributed by atoms with E-state index in [9.17, 15) is 4.79 Å². The maximum Gasteiger partial charge on any atom is 0.268 e. The van der Waals surface area contributed by atoms with Gasteiger partial charge in [0, 0.05) is 19.0 Å². The molecule has 0 atom stereocenters. The Bertz CT molecular complexity index is 459. The van der Waals surface area contributed by atoms with Crippen LogP contribution < -0.4 is 11.3 Å². The van der Waals surface area contributed by atoms with E-state index in [0.717, 1.165) is 12.8 Å². The van der Waals surface area contributed by atoms with Crippen LogP contribution in [0.5, 0.6) is 0 Å². The Labute approximate surface area is 105 Å². The average Bonchev–Trinajstić information content (AvgIpc) is 3.13. The van der Waals surface area contributed by atoms with E-state index in [1.54, 1.807) is 6.07 Å². The molecule has 1 aromatic heterocycles. The Hall–Kier alpha value is -1.84. The van der Waals surface area contributed by atoms with Crippen molar-refractivity contribution in [2.24, 2.45) is 5.84 Å². The predicted molar refractivity (Wildman–Crippen MR) is 64.0 cm³/mol. The Morgan fingerprint density at radius 3 is 3.06 bits per heavy atom. The van der Waals surface area contributed by atoms with E-state index >= 15 is 0 Å². The third kappa shape index (κ3) is 2.88. The number of carbonyl (C=O) groups excluding carboxylic acids is 1. The molecule has 0 aliphatic heterocycles. The van der Waals surface area contributed by atoms with Crippen molar-refractivity contribution in [1.29, 1.82) is 5.26 Å². The summed E-state index contributed by atoms with van der Waals surface area (Å²) in [6, 6.07) is 4.25. The lowest BCUT2D eigenvalue weighted by atomic mass is 10.2. The van der Waals surface area contributed by atoms with Gasteiger partial charge < -0.3 is 4.42 Å². The Balaban J connectivity index is 2.04. The smallest absolute Gasteiger partial charge is 0.268 e. The third-order valence-corrected chi connectivity index (χ3v) is 3.04. The largest absolute Gasteiger partial charge is 0.467 e. The van der Waals surface area contributed by atoms with Gasteiger partial charge in [0.2, 0.25) is 0 Å². The van der Waals surface area contributed by atoms with Crippen LogP contribution in [0.15, 0.2) is 16.7 Å². The highest BCUT2D eigenvalue weighted by molar-refractivity contribution is 5.94.